The van der Waals surface area contributed by atoms with E-state index < -0.39 is 17.8 Å². The smallest absolute Gasteiger partial charge is 0.335 e. The Labute approximate surface area is 176 Å². The highest BCUT2D eigenvalue weighted by Crippen LogP contribution is 2.37. The third-order valence-electron chi connectivity index (χ3n) is 4.24. The average Bonchev–Trinajstić information content (AvgIpc) is 2.67. The fourth-order valence-corrected chi connectivity index (χ4v) is 3.51. The molecule has 4 amide bonds. The van der Waals surface area contributed by atoms with E-state index in [9.17, 15) is 14.4 Å². The van der Waals surface area contributed by atoms with Crippen molar-refractivity contribution in [1.29, 1.82) is 0 Å². The Morgan fingerprint density at radius 3 is 2.45 bits per heavy atom. The third kappa shape index (κ3) is 4.17. The number of rotatable bonds is 5. The maximum atomic E-state index is 13.0. The minimum absolute atomic E-state index is 0.162. The number of carbonyl (C=O) groups is 3. The highest BCUT2D eigenvalue weighted by atomic mass is 79.9. The van der Waals surface area contributed by atoms with Crippen molar-refractivity contribution in [3.05, 3.63) is 57.6 Å². The molecule has 2 aromatic carbocycles. The van der Waals surface area contributed by atoms with Gasteiger partial charge < -0.3 is 9.47 Å². The summed E-state index contributed by atoms with van der Waals surface area (Å²) >= 11 is 3.40. The van der Waals surface area contributed by atoms with Crippen LogP contribution in [0.1, 0.15) is 18.1 Å². The number of benzene rings is 2. The van der Waals surface area contributed by atoms with Gasteiger partial charge in [0.25, 0.3) is 11.8 Å². The van der Waals surface area contributed by atoms with Crippen LogP contribution in [0.4, 0.5) is 10.5 Å². The van der Waals surface area contributed by atoms with Crippen molar-refractivity contribution < 1.29 is 23.9 Å². The van der Waals surface area contributed by atoms with Gasteiger partial charge in [-0.05, 0) is 65.7 Å². The Bertz CT molecular complexity index is 1010. The number of urea groups is 1. The number of nitrogens with one attached hydrogen (secondary N) is 1. The highest BCUT2D eigenvalue weighted by Gasteiger charge is 2.36. The fourth-order valence-electron chi connectivity index (χ4n) is 2.88. The highest BCUT2D eigenvalue weighted by molar-refractivity contribution is 9.10. The van der Waals surface area contributed by atoms with E-state index in [0.29, 0.717) is 33.8 Å². The van der Waals surface area contributed by atoms with Crippen molar-refractivity contribution in [2.45, 2.75) is 13.8 Å². The number of imide groups is 2. The van der Waals surface area contributed by atoms with Gasteiger partial charge in [0.15, 0.2) is 11.5 Å². The Morgan fingerprint density at radius 1 is 1.14 bits per heavy atom. The molecule has 0 radical (unpaired) electrons. The van der Waals surface area contributed by atoms with Gasteiger partial charge in [-0.2, -0.15) is 0 Å². The predicted molar refractivity (Wildman–Crippen MR) is 112 cm³/mol. The number of carbonyl (C=O) groups excluding carboxylic acids is 3. The Kier molecular flexibility index (Phi) is 6.03. The molecule has 0 atom stereocenters. The van der Waals surface area contributed by atoms with Crippen LogP contribution in [0.2, 0.25) is 0 Å². The molecule has 0 spiro atoms. The van der Waals surface area contributed by atoms with Crippen LogP contribution in [0.25, 0.3) is 6.08 Å². The summed E-state index contributed by atoms with van der Waals surface area (Å²) in [5.74, 6) is -0.489. The molecular weight excluding hydrogens is 440 g/mol. The quantitative estimate of drug-likeness (QED) is 0.543. The van der Waals surface area contributed by atoms with Gasteiger partial charge in [-0.25, -0.2) is 9.69 Å². The van der Waals surface area contributed by atoms with E-state index in [4.69, 9.17) is 9.47 Å². The van der Waals surface area contributed by atoms with E-state index in [1.54, 1.807) is 36.4 Å². The van der Waals surface area contributed by atoms with Crippen LogP contribution in [0, 0.1) is 6.92 Å². The zero-order valence-corrected chi connectivity index (χ0v) is 17.7. The molecule has 0 unspecified atom stereocenters. The lowest BCUT2D eigenvalue weighted by molar-refractivity contribution is -0.122. The molecule has 7 nitrogen and oxygen atoms in total. The number of halogens is 1. The summed E-state index contributed by atoms with van der Waals surface area (Å²) < 4.78 is 11.5. The second kappa shape index (κ2) is 8.48. The van der Waals surface area contributed by atoms with Crippen molar-refractivity contribution in [3.63, 3.8) is 0 Å². The zero-order chi connectivity index (χ0) is 21.1. The molecule has 1 saturated heterocycles. The lowest BCUT2D eigenvalue weighted by Gasteiger charge is -2.26. The molecular formula is C21H19BrN2O5. The first kappa shape index (κ1) is 20.6. The summed E-state index contributed by atoms with van der Waals surface area (Å²) in [5, 5.41) is 2.21. The van der Waals surface area contributed by atoms with E-state index >= 15 is 0 Å². The van der Waals surface area contributed by atoms with Gasteiger partial charge >= 0.3 is 6.03 Å². The topological polar surface area (TPSA) is 84.9 Å². The van der Waals surface area contributed by atoms with Crippen LogP contribution >= 0.6 is 15.9 Å². The van der Waals surface area contributed by atoms with Gasteiger partial charge in [-0.3, -0.25) is 14.9 Å². The second-order valence-electron chi connectivity index (χ2n) is 6.26. The zero-order valence-electron chi connectivity index (χ0n) is 16.1. The Morgan fingerprint density at radius 2 is 1.83 bits per heavy atom. The molecule has 1 aliphatic heterocycles. The molecule has 0 aromatic heterocycles. The number of methoxy groups -OCH3 is 1. The number of anilines is 1. The van der Waals surface area contributed by atoms with Crippen LogP contribution < -0.4 is 19.7 Å². The summed E-state index contributed by atoms with van der Waals surface area (Å²) in [6.45, 7) is 4.15. The van der Waals surface area contributed by atoms with Gasteiger partial charge in [0, 0.05) is 0 Å². The van der Waals surface area contributed by atoms with E-state index in [0.717, 1.165) is 10.5 Å². The third-order valence-corrected chi connectivity index (χ3v) is 4.83. The molecule has 29 heavy (non-hydrogen) atoms. The molecule has 0 aliphatic carbocycles. The van der Waals surface area contributed by atoms with Gasteiger partial charge in [0.1, 0.15) is 5.57 Å². The summed E-state index contributed by atoms with van der Waals surface area (Å²) in [5.41, 5.74) is 1.74. The first-order valence-electron chi connectivity index (χ1n) is 8.84. The molecule has 2 aromatic rings. The fraction of sp³-hybridized carbons (Fsp3) is 0.190. The van der Waals surface area contributed by atoms with Crippen molar-refractivity contribution in [2.75, 3.05) is 18.6 Å². The van der Waals surface area contributed by atoms with Crippen LogP contribution in [0.3, 0.4) is 0 Å². The molecule has 3 rings (SSSR count). The number of hydrogen-bond acceptors (Lipinski definition) is 5. The molecule has 1 aliphatic rings. The van der Waals surface area contributed by atoms with Gasteiger partial charge in [0.2, 0.25) is 0 Å². The minimum atomic E-state index is -0.785. The lowest BCUT2D eigenvalue weighted by Crippen LogP contribution is -2.54. The summed E-state index contributed by atoms with van der Waals surface area (Å²) in [4.78, 5) is 38.5. The number of amides is 4. The lowest BCUT2D eigenvalue weighted by atomic mass is 10.1. The van der Waals surface area contributed by atoms with Crippen molar-refractivity contribution in [1.82, 2.24) is 5.32 Å². The largest absolute Gasteiger partial charge is 0.492 e. The number of barbiturate groups is 1. The van der Waals surface area contributed by atoms with E-state index in [2.05, 4.69) is 21.2 Å². The number of nitrogens with zero attached hydrogens (tertiary/aromatic N) is 1. The molecule has 1 heterocycles. The van der Waals surface area contributed by atoms with Crippen LogP contribution in [0.15, 0.2) is 46.4 Å². The molecule has 0 saturated carbocycles. The Balaban J connectivity index is 2.03. The van der Waals surface area contributed by atoms with Gasteiger partial charge in [0.05, 0.1) is 23.9 Å². The first-order valence-corrected chi connectivity index (χ1v) is 9.63. The van der Waals surface area contributed by atoms with Gasteiger partial charge in [-0.15, -0.1) is 0 Å². The van der Waals surface area contributed by atoms with Crippen LogP contribution in [-0.2, 0) is 9.59 Å². The monoisotopic (exact) mass is 458 g/mol. The van der Waals surface area contributed by atoms with E-state index in [1.807, 2.05) is 13.8 Å². The Hall–Kier alpha value is -3.13. The summed E-state index contributed by atoms with van der Waals surface area (Å²) in [6, 6.07) is 9.44. The minimum Gasteiger partial charge on any atom is -0.492 e. The number of aryl methyl sites for hydroxylation is 1. The number of ether oxygens (including phenoxy) is 2. The van der Waals surface area contributed by atoms with Crippen LogP contribution in [-0.4, -0.2) is 31.6 Å². The number of hydrogen-bond donors (Lipinski definition) is 1. The molecule has 1 fully saturated rings. The van der Waals surface area contributed by atoms with Crippen molar-refractivity contribution >= 4 is 45.5 Å². The molecule has 0 bridgehead atoms. The predicted octanol–water partition coefficient (Wildman–Crippen LogP) is 3.83. The van der Waals surface area contributed by atoms with Crippen molar-refractivity contribution in [3.8, 4) is 11.5 Å². The van der Waals surface area contributed by atoms with Crippen molar-refractivity contribution in [2.24, 2.45) is 0 Å². The molecule has 150 valence electrons. The summed E-state index contributed by atoms with van der Waals surface area (Å²) in [6.07, 6.45) is 1.41. The SMILES string of the molecule is CCOc1cc(/C=C2\C(=O)NC(=O)N(c3ccc(C)cc3)C2=O)cc(Br)c1OC. The standard InChI is InChI=1S/C21H19BrN2O5/c1-4-29-17-11-13(10-16(22)18(17)28-3)9-15-19(25)23-21(27)24(20(15)26)14-7-5-12(2)6-8-14/h5-11H,4H2,1-3H3,(H,23,25,27)/b15-9+. The van der Waals surface area contributed by atoms with E-state index in [1.165, 1.54) is 13.2 Å². The van der Waals surface area contributed by atoms with Gasteiger partial charge in [-0.1, -0.05) is 17.7 Å². The molecule has 1 N–H and O–H groups in total. The average molecular weight is 459 g/mol. The maximum Gasteiger partial charge on any atom is 0.335 e. The normalized spacial score (nSPS) is 15.5. The van der Waals surface area contributed by atoms with Crippen LogP contribution in [0.5, 0.6) is 11.5 Å². The maximum absolute atomic E-state index is 13.0. The first-order chi connectivity index (χ1) is 13.8. The second-order valence-corrected chi connectivity index (χ2v) is 7.11. The summed E-state index contributed by atoms with van der Waals surface area (Å²) in [7, 11) is 1.52. The van der Waals surface area contributed by atoms with E-state index in [-0.39, 0.29) is 5.57 Å². The molecule has 8 heteroatoms.